The fraction of sp³-hybridized carbons (Fsp3) is 0.200. The fourth-order valence-electron chi connectivity index (χ4n) is 2.75. The SMILES string of the molecule is O=C(CCCC(=O)c1ccc(F)cc1)NCc1c[nH]c2ccccc12. The van der Waals surface area contributed by atoms with Crippen LogP contribution in [0.2, 0.25) is 0 Å². The number of H-pyrrole nitrogens is 1. The fourth-order valence-corrected chi connectivity index (χ4v) is 2.75. The number of amides is 1. The zero-order valence-electron chi connectivity index (χ0n) is 13.7. The third-order valence-electron chi connectivity index (χ3n) is 4.12. The largest absolute Gasteiger partial charge is 0.361 e. The normalized spacial score (nSPS) is 10.8. The highest BCUT2D eigenvalue weighted by Crippen LogP contribution is 2.17. The van der Waals surface area contributed by atoms with Crippen LogP contribution in [-0.4, -0.2) is 16.7 Å². The van der Waals surface area contributed by atoms with Crippen LogP contribution in [0.15, 0.2) is 54.7 Å². The van der Waals surface area contributed by atoms with Gasteiger partial charge in [0.25, 0.3) is 0 Å². The van der Waals surface area contributed by atoms with Crippen molar-refractivity contribution in [1.82, 2.24) is 10.3 Å². The van der Waals surface area contributed by atoms with Gasteiger partial charge < -0.3 is 10.3 Å². The van der Waals surface area contributed by atoms with E-state index in [0.717, 1.165) is 16.5 Å². The molecule has 0 aliphatic carbocycles. The topological polar surface area (TPSA) is 62.0 Å². The highest BCUT2D eigenvalue weighted by Gasteiger charge is 2.09. The van der Waals surface area contributed by atoms with E-state index >= 15 is 0 Å². The van der Waals surface area contributed by atoms with Crippen molar-refractivity contribution in [2.24, 2.45) is 0 Å². The van der Waals surface area contributed by atoms with Gasteiger partial charge in [-0.2, -0.15) is 0 Å². The number of benzene rings is 2. The predicted molar refractivity (Wildman–Crippen MR) is 94.7 cm³/mol. The van der Waals surface area contributed by atoms with Gasteiger partial charge in [-0.15, -0.1) is 0 Å². The first-order valence-electron chi connectivity index (χ1n) is 8.24. The first kappa shape index (κ1) is 16.9. The lowest BCUT2D eigenvalue weighted by Crippen LogP contribution is -2.22. The number of fused-ring (bicyclic) bond motifs is 1. The van der Waals surface area contributed by atoms with E-state index in [1.54, 1.807) is 0 Å². The number of nitrogens with one attached hydrogen (secondary N) is 2. The third kappa shape index (κ3) is 4.32. The van der Waals surface area contributed by atoms with E-state index in [0.29, 0.717) is 18.5 Å². The summed E-state index contributed by atoms with van der Waals surface area (Å²) in [7, 11) is 0. The number of aromatic amines is 1. The zero-order valence-corrected chi connectivity index (χ0v) is 13.7. The van der Waals surface area contributed by atoms with Crippen molar-refractivity contribution in [2.75, 3.05) is 0 Å². The summed E-state index contributed by atoms with van der Waals surface area (Å²) in [5.74, 6) is -0.533. The Morgan fingerprint density at radius 1 is 1.00 bits per heavy atom. The molecule has 2 N–H and O–H groups in total. The van der Waals surface area contributed by atoms with E-state index in [-0.39, 0.29) is 30.3 Å². The van der Waals surface area contributed by atoms with Crippen LogP contribution in [0, 0.1) is 5.82 Å². The van der Waals surface area contributed by atoms with Gasteiger partial charge in [0.1, 0.15) is 5.82 Å². The van der Waals surface area contributed by atoms with Crippen molar-refractivity contribution in [3.8, 4) is 0 Å². The van der Waals surface area contributed by atoms with Crippen LogP contribution in [0.5, 0.6) is 0 Å². The molecule has 1 amide bonds. The molecule has 3 aromatic rings. The van der Waals surface area contributed by atoms with Gasteiger partial charge in [0.2, 0.25) is 5.91 Å². The maximum atomic E-state index is 12.8. The zero-order chi connectivity index (χ0) is 17.6. The summed E-state index contributed by atoms with van der Waals surface area (Å²) >= 11 is 0. The molecule has 1 aromatic heterocycles. The number of halogens is 1. The van der Waals surface area contributed by atoms with E-state index in [1.807, 2.05) is 30.5 Å². The van der Waals surface area contributed by atoms with E-state index in [2.05, 4.69) is 10.3 Å². The molecule has 0 saturated heterocycles. The standard InChI is InChI=1S/C20H19FN2O2/c21-16-10-8-14(9-11-16)19(24)6-3-7-20(25)23-13-15-12-22-18-5-2-1-4-17(15)18/h1-2,4-5,8-12,22H,3,6-7,13H2,(H,23,25). The van der Waals surface area contributed by atoms with Crippen LogP contribution in [0.25, 0.3) is 10.9 Å². The minimum absolute atomic E-state index is 0.0792. The van der Waals surface area contributed by atoms with E-state index in [9.17, 15) is 14.0 Å². The van der Waals surface area contributed by atoms with Crippen LogP contribution in [0.3, 0.4) is 0 Å². The summed E-state index contributed by atoms with van der Waals surface area (Å²) in [6, 6.07) is 13.4. The first-order chi connectivity index (χ1) is 12.1. The molecule has 25 heavy (non-hydrogen) atoms. The van der Waals surface area contributed by atoms with Gasteiger partial charge in [0.15, 0.2) is 5.78 Å². The summed E-state index contributed by atoms with van der Waals surface area (Å²) in [5.41, 5.74) is 2.54. The van der Waals surface area contributed by atoms with Gasteiger partial charge in [-0.1, -0.05) is 18.2 Å². The van der Waals surface area contributed by atoms with Crippen LogP contribution >= 0.6 is 0 Å². The number of carbonyl (C=O) groups excluding carboxylic acids is 2. The van der Waals surface area contributed by atoms with Crippen molar-refractivity contribution in [2.45, 2.75) is 25.8 Å². The number of aromatic nitrogens is 1. The highest BCUT2D eigenvalue weighted by molar-refractivity contribution is 5.96. The molecular formula is C20H19FN2O2. The van der Waals surface area contributed by atoms with Crippen molar-refractivity contribution >= 4 is 22.6 Å². The monoisotopic (exact) mass is 338 g/mol. The molecule has 0 aliphatic heterocycles. The van der Waals surface area contributed by atoms with E-state index in [1.165, 1.54) is 24.3 Å². The van der Waals surface area contributed by atoms with Crippen molar-refractivity contribution in [3.05, 3.63) is 71.7 Å². The average Bonchev–Trinajstić information content (AvgIpc) is 3.03. The summed E-state index contributed by atoms with van der Waals surface area (Å²) < 4.78 is 12.8. The molecule has 1 heterocycles. The summed E-state index contributed by atoms with van der Waals surface area (Å²) in [4.78, 5) is 27.1. The van der Waals surface area contributed by atoms with Gasteiger partial charge in [0, 0.05) is 42.0 Å². The molecule has 2 aromatic carbocycles. The van der Waals surface area contributed by atoms with E-state index < -0.39 is 0 Å². The van der Waals surface area contributed by atoms with Gasteiger partial charge in [-0.3, -0.25) is 9.59 Å². The second-order valence-electron chi connectivity index (χ2n) is 5.92. The number of para-hydroxylation sites is 1. The van der Waals surface area contributed by atoms with E-state index in [4.69, 9.17) is 0 Å². The Morgan fingerprint density at radius 2 is 1.76 bits per heavy atom. The first-order valence-corrected chi connectivity index (χ1v) is 8.24. The second-order valence-corrected chi connectivity index (χ2v) is 5.92. The highest BCUT2D eigenvalue weighted by atomic mass is 19.1. The molecule has 0 spiro atoms. The Balaban J connectivity index is 1.44. The molecule has 0 atom stereocenters. The van der Waals surface area contributed by atoms with Gasteiger partial charge in [0.05, 0.1) is 0 Å². The summed E-state index contributed by atoms with van der Waals surface area (Å²) in [5, 5.41) is 3.97. The Morgan fingerprint density at radius 3 is 2.56 bits per heavy atom. The predicted octanol–water partition coefficient (Wildman–Crippen LogP) is 3.98. The third-order valence-corrected chi connectivity index (χ3v) is 4.12. The molecule has 0 bridgehead atoms. The quantitative estimate of drug-likeness (QED) is 0.640. The molecule has 128 valence electrons. The van der Waals surface area contributed by atoms with Crippen LogP contribution in [-0.2, 0) is 11.3 Å². The number of hydrogen-bond donors (Lipinski definition) is 2. The molecule has 0 radical (unpaired) electrons. The lowest BCUT2D eigenvalue weighted by molar-refractivity contribution is -0.121. The molecule has 0 unspecified atom stereocenters. The van der Waals surface area contributed by atoms with Gasteiger partial charge >= 0.3 is 0 Å². The second kappa shape index (κ2) is 7.75. The van der Waals surface area contributed by atoms with Crippen LogP contribution in [0.4, 0.5) is 4.39 Å². The Bertz CT molecular complexity index is 884. The smallest absolute Gasteiger partial charge is 0.220 e. The number of Topliss-reactive ketones (excluding diaryl/α,β-unsaturated/α-hetero) is 1. The lowest BCUT2D eigenvalue weighted by atomic mass is 10.1. The molecule has 0 fully saturated rings. The number of rotatable bonds is 7. The van der Waals surface area contributed by atoms with Crippen molar-refractivity contribution in [1.29, 1.82) is 0 Å². The van der Waals surface area contributed by atoms with Crippen LogP contribution < -0.4 is 5.32 Å². The summed E-state index contributed by atoms with van der Waals surface area (Å²) in [6.45, 7) is 0.453. The van der Waals surface area contributed by atoms with Crippen molar-refractivity contribution < 1.29 is 14.0 Å². The summed E-state index contributed by atoms with van der Waals surface area (Å²) in [6.07, 6.45) is 2.92. The number of hydrogen-bond acceptors (Lipinski definition) is 2. The molecule has 4 nitrogen and oxygen atoms in total. The molecule has 5 heteroatoms. The molecular weight excluding hydrogens is 319 g/mol. The Hall–Kier alpha value is -2.95. The lowest BCUT2D eigenvalue weighted by Gasteiger charge is -2.05. The maximum absolute atomic E-state index is 12.8. The van der Waals surface area contributed by atoms with Crippen molar-refractivity contribution in [3.63, 3.8) is 0 Å². The number of ketones is 1. The van der Waals surface area contributed by atoms with Crippen LogP contribution in [0.1, 0.15) is 35.2 Å². The average molecular weight is 338 g/mol. The van der Waals surface area contributed by atoms with Gasteiger partial charge in [-0.25, -0.2) is 4.39 Å². The minimum atomic E-state index is -0.367. The number of carbonyl (C=O) groups is 2. The Labute approximate surface area is 145 Å². The molecule has 0 saturated carbocycles. The molecule has 0 aliphatic rings. The Kier molecular flexibility index (Phi) is 5.23. The molecule has 3 rings (SSSR count). The van der Waals surface area contributed by atoms with Gasteiger partial charge in [-0.05, 0) is 42.3 Å². The minimum Gasteiger partial charge on any atom is -0.361 e. The maximum Gasteiger partial charge on any atom is 0.220 e.